The molecule has 0 aliphatic rings. The van der Waals surface area contributed by atoms with E-state index < -0.39 is 17.6 Å². The lowest BCUT2D eigenvalue weighted by Gasteiger charge is -2.11. The van der Waals surface area contributed by atoms with E-state index in [1.165, 1.54) is 12.3 Å². The van der Waals surface area contributed by atoms with Gasteiger partial charge in [-0.15, -0.1) is 0 Å². The van der Waals surface area contributed by atoms with Crippen molar-refractivity contribution in [2.45, 2.75) is 6.92 Å². The van der Waals surface area contributed by atoms with Crippen molar-refractivity contribution in [1.82, 2.24) is 5.43 Å². The third kappa shape index (κ3) is 5.42. The number of halogens is 2. The first-order valence-electron chi connectivity index (χ1n) is 8.95. The van der Waals surface area contributed by atoms with Gasteiger partial charge in [-0.05, 0) is 48.9 Å². The predicted octanol–water partition coefficient (Wildman–Crippen LogP) is 4.62. The fourth-order valence-electron chi connectivity index (χ4n) is 2.57. The first kappa shape index (κ1) is 21.0. The van der Waals surface area contributed by atoms with Crippen LogP contribution in [0.3, 0.4) is 0 Å². The van der Waals surface area contributed by atoms with Crippen molar-refractivity contribution in [2.24, 2.45) is 5.10 Å². The van der Waals surface area contributed by atoms with Crippen LogP contribution in [0.15, 0.2) is 71.8 Å². The quantitative estimate of drug-likeness (QED) is 0.317. The van der Waals surface area contributed by atoms with E-state index in [0.29, 0.717) is 22.0 Å². The molecule has 152 valence electrons. The second-order valence-corrected chi connectivity index (χ2v) is 6.74. The summed E-state index contributed by atoms with van der Waals surface area (Å²) >= 11 is 6.03. The molecular formula is C22H18ClFN4O2. The molecule has 0 aliphatic carbocycles. The van der Waals surface area contributed by atoms with Gasteiger partial charge in [0.2, 0.25) is 0 Å². The van der Waals surface area contributed by atoms with Crippen LogP contribution in [0, 0.1) is 12.7 Å². The number of nitrogens with zero attached hydrogens (tertiary/aromatic N) is 1. The molecule has 0 unspecified atom stereocenters. The number of hydrogen-bond acceptors (Lipinski definition) is 4. The van der Waals surface area contributed by atoms with E-state index in [-0.39, 0.29) is 5.69 Å². The lowest BCUT2D eigenvalue weighted by molar-refractivity contribution is -0.136. The molecule has 3 aromatic rings. The normalized spacial score (nSPS) is 10.6. The first-order chi connectivity index (χ1) is 14.4. The van der Waals surface area contributed by atoms with Gasteiger partial charge < -0.3 is 10.6 Å². The monoisotopic (exact) mass is 424 g/mol. The molecule has 0 bridgehead atoms. The number of anilines is 3. The van der Waals surface area contributed by atoms with Crippen LogP contribution in [0.4, 0.5) is 21.5 Å². The number of hydrazone groups is 1. The van der Waals surface area contributed by atoms with Gasteiger partial charge in [0, 0.05) is 22.0 Å². The number of benzene rings is 3. The third-order valence-electron chi connectivity index (χ3n) is 4.13. The Morgan fingerprint density at radius 1 is 0.933 bits per heavy atom. The Morgan fingerprint density at radius 3 is 2.37 bits per heavy atom. The standard InChI is InChI=1S/C22H18ClFN4O2/c1-14-6-2-4-8-18(14)27-21(29)22(30)28-25-13-15-12-16(23)10-11-19(15)26-20-9-5-3-7-17(20)24/h2-13,26H,1H3,(H,27,29)(H,28,30)/b25-13-. The summed E-state index contributed by atoms with van der Waals surface area (Å²) in [5.74, 6) is -2.20. The topological polar surface area (TPSA) is 82.6 Å². The van der Waals surface area contributed by atoms with E-state index in [0.717, 1.165) is 5.56 Å². The van der Waals surface area contributed by atoms with E-state index >= 15 is 0 Å². The average molecular weight is 425 g/mol. The van der Waals surface area contributed by atoms with Crippen molar-refractivity contribution in [2.75, 3.05) is 10.6 Å². The molecule has 0 aromatic heterocycles. The molecule has 6 nitrogen and oxygen atoms in total. The Hall–Kier alpha value is -3.71. The van der Waals surface area contributed by atoms with Crippen molar-refractivity contribution in [3.8, 4) is 0 Å². The number of carbonyl (C=O) groups excluding carboxylic acids is 2. The predicted molar refractivity (Wildman–Crippen MR) is 117 cm³/mol. The van der Waals surface area contributed by atoms with Crippen LogP contribution in [0.5, 0.6) is 0 Å². The minimum absolute atomic E-state index is 0.274. The van der Waals surface area contributed by atoms with Gasteiger partial charge in [-0.2, -0.15) is 5.10 Å². The molecule has 0 aliphatic heterocycles. The minimum atomic E-state index is -0.930. The van der Waals surface area contributed by atoms with E-state index in [2.05, 4.69) is 21.2 Å². The highest BCUT2D eigenvalue weighted by atomic mass is 35.5. The Balaban J connectivity index is 1.69. The summed E-state index contributed by atoms with van der Waals surface area (Å²) in [6.45, 7) is 1.81. The van der Waals surface area contributed by atoms with Crippen LogP contribution in [0.25, 0.3) is 0 Å². The van der Waals surface area contributed by atoms with Crippen molar-refractivity contribution in [3.63, 3.8) is 0 Å². The van der Waals surface area contributed by atoms with Crippen molar-refractivity contribution < 1.29 is 14.0 Å². The zero-order chi connectivity index (χ0) is 21.5. The highest BCUT2D eigenvalue weighted by molar-refractivity contribution is 6.39. The van der Waals surface area contributed by atoms with Gasteiger partial charge in [-0.3, -0.25) is 9.59 Å². The van der Waals surface area contributed by atoms with Gasteiger partial charge >= 0.3 is 11.8 Å². The highest BCUT2D eigenvalue weighted by Crippen LogP contribution is 2.24. The molecule has 0 saturated carbocycles. The summed E-state index contributed by atoms with van der Waals surface area (Å²) < 4.78 is 13.9. The summed E-state index contributed by atoms with van der Waals surface area (Å²) in [5, 5.41) is 9.71. The molecule has 0 saturated heterocycles. The number of carbonyl (C=O) groups is 2. The summed E-state index contributed by atoms with van der Waals surface area (Å²) in [5.41, 5.74) is 4.81. The lowest BCUT2D eigenvalue weighted by atomic mass is 10.2. The van der Waals surface area contributed by atoms with Crippen LogP contribution < -0.4 is 16.1 Å². The average Bonchev–Trinajstić information content (AvgIpc) is 2.73. The summed E-state index contributed by atoms with van der Waals surface area (Å²) in [6.07, 6.45) is 1.31. The maximum atomic E-state index is 13.9. The van der Waals surface area contributed by atoms with Crippen LogP contribution in [0.1, 0.15) is 11.1 Å². The Morgan fingerprint density at radius 2 is 1.63 bits per heavy atom. The molecule has 0 fully saturated rings. The van der Waals surface area contributed by atoms with Crippen LogP contribution in [0.2, 0.25) is 5.02 Å². The van der Waals surface area contributed by atoms with Crippen molar-refractivity contribution in [1.29, 1.82) is 0 Å². The summed E-state index contributed by atoms with van der Waals surface area (Å²) in [7, 11) is 0. The molecule has 3 aromatic carbocycles. The molecule has 30 heavy (non-hydrogen) atoms. The molecule has 2 amide bonds. The minimum Gasteiger partial charge on any atom is -0.353 e. The van der Waals surface area contributed by atoms with Gasteiger partial charge in [0.1, 0.15) is 5.82 Å². The molecule has 3 rings (SSSR count). The number of rotatable bonds is 5. The van der Waals surface area contributed by atoms with E-state index in [1.54, 1.807) is 48.5 Å². The molecule has 0 radical (unpaired) electrons. The maximum absolute atomic E-state index is 13.9. The SMILES string of the molecule is Cc1ccccc1NC(=O)C(=O)N/N=C\c1cc(Cl)ccc1Nc1ccccc1F. The second kappa shape index (κ2) is 9.67. The third-order valence-corrected chi connectivity index (χ3v) is 4.36. The lowest BCUT2D eigenvalue weighted by Crippen LogP contribution is -2.32. The highest BCUT2D eigenvalue weighted by Gasteiger charge is 2.14. The zero-order valence-electron chi connectivity index (χ0n) is 15.9. The van der Waals surface area contributed by atoms with Gasteiger partial charge in [0.25, 0.3) is 0 Å². The van der Waals surface area contributed by atoms with E-state index in [1.807, 2.05) is 19.1 Å². The van der Waals surface area contributed by atoms with Gasteiger partial charge in [-0.25, -0.2) is 9.82 Å². The Kier molecular flexibility index (Phi) is 6.77. The van der Waals surface area contributed by atoms with Gasteiger partial charge in [-0.1, -0.05) is 41.9 Å². The number of aryl methyl sites for hydroxylation is 1. The number of amides is 2. The smallest absolute Gasteiger partial charge is 0.329 e. The largest absolute Gasteiger partial charge is 0.353 e. The summed E-state index contributed by atoms with van der Waals surface area (Å²) in [4.78, 5) is 24.0. The second-order valence-electron chi connectivity index (χ2n) is 6.30. The molecular weight excluding hydrogens is 407 g/mol. The molecule has 0 spiro atoms. The van der Waals surface area contributed by atoms with Crippen molar-refractivity contribution in [3.05, 3.63) is 88.7 Å². The fraction of sp³-hybridized carbons (Fsp3) is 0.0455. The van der Waals surface area contributed by atoms with Crippen LogP contribution in [-0.2, 0) is 9.59 Å². The van der Waals surface area contributed by atoms with Crippen LogP contribution in [-0.4, -0.2) is 18.0 Å². The van der Waals surface area contributed by atoms with Crippen LogP contribution >= 0.6 is 11.6 Å². The summed E-state index contributed by atoms with van der Waals surface area (Å²) in [6, 6.07) is 18.2. The van der Waals surface area contributed by atoms with Gasteiger partial charge in [0.05, 0.1) is 11.9 Å². The molecule has 0 atom stereocenters. The first-order valence-corrected chi connectivity index (χ1v) is 9.33. The maximum Gasteiger partial charge on any atom is 0.329 e. The Bertz CT molecular complexity index is 1120. The van der Waals surface area contributed by atoms with Crippen molar-refractivity contribution >= 4 is 46.7 Å². The van der Waals surface area contributed by atoms with Gasteiger partial charge in [0.15, 0.2) is 0 Å². The van der Waals surface area contributed by atoms with E-state index in [4.69, 9.17) is 11.6 Å². The van der Waals surface area contributed by atoms with E-state index in [9.17, 15) is 14.0 Å². The molecule has 3 N–H and O–H groups in total. The molecule has 8 heteroatoms. The number of nitrogens with one attached hydrogen (secondary N) is 3. The number of hydrogen-bond donors (Lipinski definition) is 3. The zero-order valence-corrected chi connectivity index (χ0v) is 16.7. The molecule has 0 heterocycles. The Labute approximate surface area is 177 Å². The fourth-order valence-corrected chi connectivity index (χ4v) is 2.75. The number of para-hydroxylation sites is 2.